The van der Waals surface area contributed by atoms with Crippen LogP contribution in [-0.4, -0.2) is 12.6 Å². The zero-order valence-electron chi connectivity index (χ0n) is 13.5. The van der Waals surface area contributed by atoms with Gasteiger partial charge in [0.25, 0.3) is 0 Å². The summed E-state index contributed by atoms with van der Waals surface area (Å²) in [6, 6.07) is 11.9. The molecule has 2 rings (SSSR count). The zero-order chi connectivity index (χ0) is 15.1. The number of hydrogen-bond acceptors (Lipinski definition) is 2. The molecule has 0 bridgehead atoms. The van der Waals surface area contributed by atoms with E-state index in [0.717, 1.165) is 13.0 Å². The topological polar surface area (TPSA) is 12.0 Å². The van der Waals surface area contributed by atoms with Crippen molar-refractivity contribution < 1.29 is 0 Å². The normalized spacial score (nSPS) is 12.5. The molecule has 2 aromatic rings. The molecule has 0 aliphatic carbocycles. The van der Waals surface area contributed by atoms with E-state index in [1.165, 1.54) is 40.8 Å². The summed E-state index contributed by atoms with van der Waals surface area (Å²) in [5.74, 6) is 0. The minimum Gasteiger partial charge on any atom is -0.314 e. The SMILES string of the molecule is CCCNC(CCc1cccs1)Cc1cc(C)cc(C)c1. The van der Waals surface area contributed by atoms with Crippen LogP contribution in [0.5, 0.6) is 0 Å². The molecular formula is C19H27NS. The van der Waals surface area contributed by atoms with Crippen LogP contribution in [0.15, 0.2) is 35.7 Å². The van der Waals surface area contributed by atoms with Crippen LogP contribution in [0.3, 0.4) is 0 Å². The first-order valence-electron chi connectivity index (χ1n) is 8.00. The Labute approximate surface area is 133 Å². The van der Waals surface area contributed by atoms with Crippen molar-refractivity contribution in [2.45, 2.75) is 52.5 Å². The Morgan fingerprint density at radius 3 is 2.52 bits per heavy atom. The second-order valence-electron chi connectivity index (χ2n) is 5.97. The van der Waals surface area contributed by atoms with Crippen LogP contribution in [-0.2, 0) is 12.8 Å². The molecule has 0 radical (unpaired) electrons. The van der Waals surface area contributed by atoms with Crippen molar-refractivity contribution in [2.75, 3.05) is 6.54 Å². The van der Waals surface area contributed by atoms with Crippen molar-refractivity contribution in [3.63, 3.8) is 0 Å². The Balaban J connectivity index is 1.97. The van der Waals surface area contributed by atoms with Crippen molar-refractivity contribution in [2.24, 2.45) is 0 Å². The van der Waals surface area contributed by atoms with Crippen LogP contribution >= 0.6 is 11.3 Å². The highest BCUT2D eigenvalue weighted by Gasteiger charge is 2.10. The zero-order valence-corrected chi connectivity index (χ0v) is 14.3. The maximum Gasteiger partial charge on any atom is 0.0111 e. The van der Waals surface area contributed by atoms with Gasteiger partial charge in [-0.3, -0.25) is 0 Å². The molecule has 1 aromatic carbocycles. The molecule has 0 saturated carbocycles. The number of aryl methyl sites for hydroxylation is 3. The summed E-state index contributed by atoms with van der Waals surface area (Å²) in [6.45, 7) is 7.73. The first-order chi connectivity index (χ1) is 10.2. The quantitative estimate of drug-likeness (QED) is 0.730. The summed E-state index contributed by atoms with van der Waals surface area (Å²) in [5, 5.41) is 5.90. The van der Waals surface area contributed by atoms with E-state index in [1.54, 1.807) is 0 Å². The van der Waals surface area contributed by atoms with Gasteiger partial charge in [-0.1, -0.05) is 42.3 Å². The Morgan fingerprint density at radius 2 is 1.90 bits per heavy atom. The number of benzene rings is 1. The fourth-order valence-corrected chi connectivity index (χ4v) is 3.59. The van der Waals surface area contributed by atoms with Gasteiger partial charge < -0.3 is 5.32 Å². The molecule has 1 atom stereocenters. The Morgan fingerprint density at radius 1 is 1.14 bits per heavy atom. The van der Waals surface area contributed by atoms with E-state index in [2.05, 4.69) is 61.8 Å². The molecule has 0 aliphatic rings. The molecule has 0 amide bonds. The van der Waals surface area contributed by atoms with E-state index < -0.39 is 0 Å². The third kappa shape index (κ3) is 5.64. The molecular weight excluding hydrogens is 274 g/mol. The average molecular weight is 301 g/mol. The number of rotatable bonds is 8. The highest BCUT2D eigenvalue weighted by Crippen LogP contribution is 2.16. The lowest BCUT2D eigenvalue weighted by Crippen LogP contribution is -2.32. The molecule has 1 aromatic heterocycles. The van der Waals surface area contributed by atoms with Crippen molar-refractivity contribution in [1.82, 2.24) is 5.32 Å². The minimum atomic E-state index is 0.577. The third-order valence-corrected chi connectivity index (χ3v) is 4.70. The molecule has 2 heteroatoms. The summed E-state index contributed by atoms with van der Waals surface area (Å²) in [7, 11) is 0. The lowest BCUT2D eigenvalue weighted by atomic mass is 9.98. The molecule has 0 spiro atoms. The number of nitrogens with one attached hydrogen (secondary N) is 1. The van der Waals surface area contributed by atoms with E-state index in [9.17, 15) is 0 Å². The van der Waals surface area contributed by atoms with Crippen LogP contribution in [0.2, 0.25) is 0 Å². The van der Waals surface area contributed by atoms with Crippen LogP contribution in [0.4, 0.5) is 0 Å². The minimum absolute atomic E-state index is 0.577. The first-order valence-corrected chi connectivity index (χ1v) is 8.88. The highest BCUT2D eigenvalue weighted by molar-refractivity contribution is 7.09. The summed E-state index contributed by atoms with van der Waals surface area (Å²) in [4.78, 5) is 1.50. The van der Waals surface area contributed by atoms with E-state index in [4.69, 9.17) is 0 Å². The standard InChI is InChI=1S/C19H27NS/c1-4-9-20-18(7-8-19-6-5-10-21-19)14-17-12-15(2)11-16(3)13-17/h5-6,10-13,18,20H,4,7-9,14H2,1-3H3. The average Bonchev–Trinajstić information content (AvgIpc) is 2.94. The maximum absolute atomic E-state index is 3.72. The van der Waals surface area contributed by atoms with Gasteiger partial charge in [0.1, 0.15) is 0 Å². The van der Waals surface area contributed by atoms with Crippen molar-refractivity contribution in [1.29, 1.82) is 0 Å². The van der Waals surface area contributed by atoms with Gasteiger partial charge in [0, 0.05) is 10.9 Å². The largest absolute Gasteiger partial charge is 0.314 e. The summed E-state index contributed by atoms with van der Waals surface area (Å²) >= 11 is 1.87. The predicted octanol–water partition coefficient (Wildman–Crippen LogP) is 4.91. The van der Waals surface area contributed by atoms with Gasteiger partial charge in [0.05, 0.1) is 0 Å². The fraction of sp³-hybridized carbons (Fsp3) is 0.474. The second-order valence-corrected chi connectivity index (χ2v) is 7.00. The molecule has 0 saturated heterocycles. The lowest BCUT2D eigenvalue weighted by Gasteiger charge is -2.19. The van der Waals surface area contributed by atoms with E-state index >= 15 is 0 Å². The molecule has 21 heavy (non-hydrogen) atoms. The van der Waals surface area contributed by atoms with Gasteiger partial charge in [0.2, 0.25) is 0 Å². The summed E-state index contributed by atoms with van der Waals surface area (Å²) in [6.07, 6.45) is 4.73. The van der Waals surface area contributed by atoms with Crippen LogP contribution in [0.1, 0.15) is 41.3 Å². The Bertz CT molecular complexity index is 510. The van der Waals surface area contributed by atoms with Gasteiger partial charge in [0.15, 0.2) is 0 Å². The molecule has 1 nitrogen and oxygen atoms in total. The van der Waals surface area contributed by atoms with Crippen LogP contribution < -0.4 is 5.32 Å². The van der Waals surface area contributed by atoms with Gasteiger partial charge in [-0.25, -0.2) is 0 Å². The fourth-order valence-electron chi connectivity index (χ4n) is 2.87. The molecule has 1 heterocycles. The molecule has 0 aliphatic heterocycles. The third-order valence-electron chi connectivity index (χ3n) is 3.77. The number of hydrogen-bond donors (Lipinski definition) is 1. The monoisotopic (exact) mass is 301 g/mol. The van der Waals surface area contributed by atoms with Crippen molar-refractivity contribution >= 4 is 11.3 Å². The van der Waals surface area contributed by atoms with E-state index in [0.29, 0.717) is 6.04 Å². The van der Waals surface area contributed by atoms with Crippen LogP contribution in [0, 0.1) is 13.8 Å². The van der Waals surface area contributed by atoms with Gasteiger partial charge in [-0.2, -0.15) is 0 Å². The highest BCUT2D eigenvalue weighted by atomic mass is 32.1. The van der Waals surface area contributed by atoms with Gasteiger partial charge in [-0.05, 0) is 63.1 Å². The molecule has 0 fully saturated rings. The smallest absolute Gasteiger partial charge is 0.0111 e. The van der Waals surface area contributed by atoms with E-state index in [-0.39, 0.29) is 0 Å². The first kappa shape index (κ1) is 16.3. The summed E-state index contributed by atoms with van der Waals surface area (Å²) in [5.41, 5.74) is 4.21. The maximum atomic E-state index is 3.72. The Kier molecular flexibility index (Phi) is 6.47. The molecule has 1 unspecified atom stereocenters. The van der Waals surface area contributed by atoms with Crippen molar-refractivity contribution in [3.05, 3.63) is 57.3 Å². The van der Waals surface area contributed by atoms with Crippen LogP contribution in [0.25, 0.3) is 0 Å². The van der Waals surface area contributed by atoms with Gasteiger partial charge in [-0.15, -0.1) is 11.3 Å². The second kappa shape index (κ2) is 8.35. The Hall–Kier alpha value is -1.12. The lowest BCUT2D eigenvalue weighted by molar-refractivity contribution is 0.478. The van der Waals surface area contributed by atoms with Crippen molar-refractivity contribution in [3.8, 4) is 0 Å². The summed E-state index contributed by atoms with van der Waals surface area (Å²) < 4.78 is 0. The predicted molar refractivity (Wildman–Crippen MR) is 94.3 cm³/mol. The molecule has 1 N–H and O–H groups in total. The number of thiophene rings is 1. The molecule has 114 valence electrons. The van der Waals surface area contributed by atoms with E-state index in [1.807, 2.05) is 11.3 Å². The van der Waals surface area contributed by atoms with Gasteiger partial charge >= 0.3 is 0 Å².